The first-order valence-electron chi connectivity index (χ1n) is 8.15. The van der Waals surface area contributed by atoms with Crippen LogP contribution >= 0.6 is 0 Å². The topological polar surface area (TPSA) is 0 Å². The summed E-state index contributed by atoms with van der Waals surface area (Å²) in [5, 5.41) is 0. The van der Waals surface area contributed by atoms with Crippen molar-refractivity contribution >= 4 is 0 Å². The zero-order valence-electron chi connectivity index (χ0n) is 13.4. The Morgan fingerprint density at radius 1 is 0.667 bits per heavy atom. The molecule has 0 spiro atoms. The molecule has 0 N–H and O–H groups in total. The molecule has 0 saturated heterocycles. The standard InChI is InChI=1S/C21H26/c1-21(2,3)18-14-19(16-10-6-4-7-11-16)20(15-18)17-12-8-5-9-13-17/h4-13,18-20H,14-15H2,1-3H3. The molecule has 0 aromatic heterocycles. The van der Waals surface area contributed by atoms with E-state index in [-0.39, 0.29) is 0 Å². The van der Waals surface area contributed by atoms with Crippen LogP contribution in [-0.2, 0) is 0 Å². The third-order valence-corrected chi connectivity index (χ3v) is 5.24. The Bertz CT molecular complexity index is 514. The van der Waals surface area contributed by atoms with Gasteiger partial charge in [-0.2, -0.15) is 0 Å². The van der Waals surface area contributed by atoms with E-state index in [1.807, 2.05) is 0 Å². The summed E-state index contributed by atoms with van der Waals surface area (Å²) in [6.07, 6.45) is 2.63. The molecule has 110 valence electrons. The van der Waals surface area contributed by atoms with Crippen LogP contribution in [0.3, 0.4) is 0 Å². The average molecular weight is 278 g/mol. The van der Waals surface area contributed by atoms with Crippen molar-refractivity contribution in [2.75, 3.05) is 0 Å². The van der Waals surface area contributed by atoms with Gasteiger partial charge in [-0.1, -0.05) is 81.4 Å². The van der Waals surface area contributed by atoms with E-state index in [2.05, 4.69) is 81.4 Å². The molecular weight excluding hydrogens is 252 g/mol. The Morgan fingerprint density at radius 3 is 1.38 bits per heavy atom. The van der Waals surface area contributed by atoms with Gasteiger partial charge in [0.2, 0.25) is 0 Å². The highest BCUT2D eigenvalue weighted by Gasteiger charge is 2.40. The van der Waals surface area contributed by atoms with Crippen LogP contribution in [0.2, 0.25) is 0 Å². The van der Waals surface area contributed by atoms with Crippen LogP contribution in [0.25, 0.3) is 0 Å². The molecule has 2 aromatic carbocycles. The highest BCUT2D eigenvalue weighted by molar-refractivity contribution is 5.31. The zero-order chi connectivity index (χ0) is 14.9. The Balaban J connectivity index is 1.95. The molecule has 1 aliphatic carbocycles. The lowest BCUT2D eigenvalue weighted by Crippen LogP contribution is -2.17. The van der Waals surface area contributed by atoms with E-state index in [4.69, 9.17) is 0 Å². The van der Waals surface area contributed by atoms with Crippen molar-refractivity contribution in [3.8, 4) is 0 Å². The summed E-state index contributed by atoms with van der Waals surface area (Å²) >= 11 is 0. The lowest BCUT2D eigenvalue weighted by atomic mass is 9.79. The van der Waals surface area contributed by atoms with Gasteiger partial charge in [0.15, 0.2) is 0 Å². The van der Waals surface area contributed by atoms with Crippen molar-refractivity contribution in [1.29, 1.82) is 0 Å². The van der Waals surface area contributed by atoms with Gasteiger partial charge in [-0.15, -0.1) is 0 Å². The van der Waals surface area contributed by atoms with Crippen LogP contribution < -0.4 is 0 Å². The lowest BCUT2D eigenvalue weighted by Gasteiger charge is -2.27. The maximum absolute atomic E-state index is 2.40. The van der Waals surface area contributed by atoms with Gasteiger partial charge < -0.3 is 0 Å². The quantitative estimate of drug-likeness (QED) is 0.631. The second kappa shape index (κ2) is 5.67. The van der Waals surface area contributed by atoms with E-state index in [0.29, 0.717) is 17.3 Å². The highest BCUT2D eigenvalue weighted by Crippen LogP contribution is 2.53. The average Bonchev–Trinajstić information content (AvgIpc) is 2.94. The SMILES string of the molecule is CC(C)(C)C1CC(c2ccccc2)C(c2ccccc2)C1. The predicted octanol–water partition coefficient (Wildman–Crippen LogP) is 6.01. The largest absolute Gasteiger partial charge is 0.0622 e. The monoisotopic (exact) mass is 278 g/mol. The van der Waals surface area contributed by atoms with Gasteiger partial charge in [-0.05, 0) is 47.1 Å². The van der Waals surface area contributed by atoms with Crippen molar-refractivity contribution in [2.45, 2.75) is 45.4 Å². The van der Waals surface area contributed by atoms with Crippen LogP contribution in [0.5, 0.6) is 0 Å². The summed E-state index contributed by atoms with van der Waals surface area (Å²) in [5.74, 6) is 2.13. The van der Waals surface area contributed by atoms with Gasteiger partial charge in [0, 0.05) is 0 Å². The summed E-state index contributed by atoms with van der Waals surface area (Å²) in [4.78, 5) is 0. The molecule has 2 atom stereocenters. The van der Waals surface area contributed by atoms with Gasteiger partial charge in [-0.3, -0.25) is 0 Å². The van der Waals surface area contributed by atoms with E-state index in [1.54, 1.807) is 0 Å². The maximum Gasteiger partial charge on any atom is -0.00901 e. The summed E-state index contributed by atoms with van der Waals surface area (Å²) in [7, 11) is 0. The molecule has 2 aromatic rings. The second-order valence-corrected chi connectivity index (χ2v) is 7.57. The summed E-state index contributed by atoms with van der Waals surface area (Å²) in [6.45, 7) is 7.19. The van der Waals surface area contributed by atoms with Crippen molar-refractivity contribution in [3.05, 3.63) is 71.8 Å². The van der Waals surface area contributed by atoms with Crippen LogP contribution in [0.15, 0.2) is 60.7 Å². The normalized spacial score (nSPS) is 26.0. The number of hydrogen-bond donors (Lipinski definition) is 0. The predicted molar refractivity (Wildman–Crippen MR) is 90.5 cm³/mol. The molecule has 0 heteroatoms. The van der Waals surface area contributed by atoms with Gasteiger partial charge in [0.1, 0.15) is 0 Å². The first-order chi connectivity index (χ1) is 10.1. The molecule has 0 heterocycles. The van der Waals surface area contributed by atoms with Gasteiger partial charge in [0.25, 0.3) is 0 Å². The highest BCUT2D eigenvalue weighted by atomic mass is 14.4. The maximum atomic E-state index is 2.40. The minimum Gasteiger partial charge on any atom is -0.0622 e. The summed E-state index contributed by atoms with van der Waals surface area (Å²) in [5.41, 5.74) is 3.42. The van der Waals surface area contributed by atoms with E-state index in [1.165, 1.54) is 24.0 Å². The fourth-order valence-corrected chi connectivity index (χ4v) is 3.88. The van der Waals surface area contributed by atoms with Crippen LogP contribution in [0.4, 0.5) is 0 Å². The van der Waals surface area contributed by atoms with E-state index in [0.717, 1.165) is 5.92 Å². The van der Waals surface area contributed by atoms with Crippen molar-refractivity contribution in [2.24, 2.45) is 11.3 Å². The number of benzene rings is 2. The molecule has 3 rings (SSSR count). The molecule has 1 fully saturated rings. The molecule has 0 amide bonds. The van der Waals surface area contributed by atoms with Gasteiger partial charge in [0.05, 0.1) is 0 Å². The first-order valence-corrected chi connectivity index (χ1v) is 8.15. The molecule has 2 unspecified atom stereocenters. The minimum atomic E-state index is 0.399. The van der Waals surface area contributed by atoms with Crippen molar-refractivity contribution in [3.63, 3.8) is 0 Å². The molecule has 1 aliphatic rings. The molecule has 1 saturated carbocycles. The molecular formula is C21H26. The first kappa shape index (κ1) is 14.4. The molecule has 0 aliphatic heterocycles. The fraction of sp³-hybridized carbons (Fsp3) is 0.429. The van der Waals surface area contributed by atoms with Gasteiger partial charge >= 0.3 is 0 Å². The Kier molecular flexibility index (Phi) is 3.89. The molecule has 21 heavy (non-hydrogen) atoms. The Morgan fingerprint density at radius 2 is 1.05 bits per heavy atom. The van der Waals surface area contributed by atoms with Crippen molar-refractivity contribution < 1.29 is 0 Å². The molecule has 0 radical (unpaired) electrons. The van der Waals surface area contributed by atoms with E-state index in [9.17, 15) is 0 Å². The fourth-order valence-electron chi connectivity index (χ4n) is 3.88. The lowest BCUT2D eigenvalue weighted by molar-refractivity contribution is 0.242. The second-order valence-electron chi connectivity index (χ2n) is 7.57. The third kappa shape index (κ3) is 3.05. The van der Waals surface area contributed by atoms with Gasteiger partial charge in [-0.25, -0.2) is 0 Å². The Labute approximate surface area is 129 Å². The van der Waals surface area contributed by atoms with Crippen LogP contribution in [0.1, 0.15) is 56.6 Å². The van der Waals surface area contributed by atoms with Crippen LogP contribution in [-0.4, -0.2) is 0 Å². The number of hydrogen-bond acceptors (Lipinski definition) is 0. The minimum absolute atomic E-state index is 0.399. The van der Waals surface area contributed by atoms with Crippen LogP contribution in [0, 0.1) is 11.3 Å². The molecule has 0 nitrogen and oxygen atoms in total. The van der Waals surface area contributed by atoms with E-state index < -0.39 is 0 Å². The zero-order valence-corrected chi connectivity index (χ0v) is 13.4. The third-order valence-electron chi connectivity index (χ3n) is 5.24. The van der Waals surface area contributed by atoms with E-state index >= 15 is 0 Å². The Hall–Kier alpha value is -1.56. The summed E-state index contributed by atoms with van der Waals surface area (Å²) in [6, 6.07) is 22.2. The number of rotatable bonds is 2. The molecule has 0 bridgehead atoms. The smallest absolute Gasteiger partial charge is 0.00901 e. The summed E-state index contributed by atoms with van der Waals surface area (Å²) < 4.78 is 0. The van der Waals surface area contributed by atoms with Crippen molar-refractivity contribution in [1.82, 2.24) is 0 Å².